The number of benzene rings is 3. The molecular formula is C25H20ClN3O4. The van der Waals surface area contributed by atoms with E-state index in [2.05, 4.69) is 15.8 Å². The minimum Gasteiger partial charge on any atom is -0.486 e. The van der Waals surface area contributed by atoms with Gasteiger partial charge >= 0.3 is 0 Å². The van der Waals surface area contributed by atoms with Crippen molar-refractivity contribution in [2.45, 2.75) is 13.2 Å². The minimum atomic E-state index is -0.324. The van der Waals surface area contributed by atoms with E-state index in [1.165, 1.54) is 0 Å². The van der Waals surface area contributed by atoms with E-state index >= 15 is 0 Å². The van der Waals surface area contributed by atoms with Crippen LogP contribution in [0.5, 0.6) is 5.75 Å². The van der Waals surface area contributed by atoms with Gasteiger partial charge in [-0.05, 0) is 54.1 Å². The molecule has 2 amide bonds. The highest BCUT2D eigenvalue weighted by Gasteiger charge is 2.13. The van der Waals surface area contributed by atoms with Crippen LogP contribution in [0.1, 0.15) is 32.2 Å². The summed E-state index contributed by atoms with van der Waals surface area (Å²) in [5, 5.41) is 9.97. The van der Waals surface area contributed by atoms with Gasteiger partial charge in [-0.2, -0.15) is 0 Å². The number of hydrogen-bond acceptors (Lipinski definition) is 5. The van der Waals surface area contributed by atoms with Crippen molar-refractivity contribution < 1.29 is 18.8 Å². The van der Waals surface area contributed by atoms with Crippen molar-refractivity contribution in [3.05, 3.63) is 113 Å². The summed E-state index contributed by atoms with van der Waals surface area (Å²) in [6, 6.07) is 24.7. The molecule has 166 valence electrons. The third kappa shape index (κ3) is 6.21. The summed E-state index contributed by atoms with van der Waals surface area (Å²) in [6.07, 6.45) is 0. The number of ether oxygens (including phenoxy) is 1. The topological polar surface area (TPSA) is 93.5 Å². The van der Waals surface area contributed by atoms with Crippen LogP contribution in [-0.4, -0.2) is 17.0 Å². The molecule has 0 atom stereocenters. The summed E-state index contributed by atoms with van der Waals surface area (Å²) in [6.45, 7) is 0.509. The van der Waals surface area contributed by atoms with Crippen molar-refractivity contribution >= 4 is 29.1 Å². The minimum absolute atomic E-state index is 0.107. The molecule has 1 heterocycles. The maximum Gasteiger partial charge on any atom is 0.273 e. The van der Waals surface area contributed by atoms with Crippen LogP contribution in [0, 0.1) is 0 Å². The number of amides is 2. The Morgan fingerprint density at radius 1 is 0.909 bits per heavy atom. The number of aromatic nitrogens is 1. The molecule has 0 aliphatic carbocycles. The fraction of sp³-hybridized carbons (Fsp3) is 0.0800. The maximum atomic E-state index is 12.3. The van der Waals surface area contributed by atoms with Crippen molar-refractivity contribution in [2.75, 3.05) is 5.32 Å². The van der Waals surface area contributed by atoms with Gasteiger partial charge in [0.1, 0.15) is 12.4 Å². The first kappa shape index (κ1) is 22.1. The molecule has 2 N–H and O–H groups in total. The van der Waals surface area contributed by atoms with E-state index in [1.807, 2.05) is 30.3 Å². The Kier molecular flexibility index (Phi) is 7.02. The predicted molar refractivity (Wildman–Crippen MR) is 124 cm³/mol. The van der Waals surface area contributed by atoms with Gasteiger partial charge < -0.3 is 19.9 Å². The number of anilines is 1. The van der Waals surface area contributed by atoms with Gasteiger partial charge in [0.15, 0.2) is 11.5 Å². The SMILES string of the molecule is O=C(Nc1ccc(OCc2cc(C(=O)NCc3ccccc3)no2)cc1)c1ccc(Cl)cc1. The quantitative estimate of drug-likeness (QED) is 0.381. The van der Waals surface area contributed by atoms with Gasteiger partial charge in [-0.15, -0.1) is 0 Å². The molecule has 33 heavy (non-hydrogen) atoms. The summed E-state index contributed by atoms with van der Waals surface area (Å²) in [5.74, 6) is 0.431. The van der Waals surface area contributed by atoms with Gasteiger partial charge in [-0.3, -0.25) is 9.59 Å². The molecule has 0 spiro atoms. The highest BCUT2D eigenvalue weighted by atomic mass is 35.5. The average molecular weight is 462 g/mol. The number of carbonyl (C=O) groups excluding carboxylic acids is 2. The second-order valence-electron chi connectivity index (χ2n) is 7.12. The van der Waals surface area contributed by atoms with E-state index in [0.717, 1.165) is 5.56 Å². The van der Waals surface area contributed by atoms with Gasteiger partial charge in [0.2, 0.25) is 0 Å². The molecule has 0 fully saturated rings. The van der Waals surface area contributed by atoms with Crippen LogP contribution in [0.15, 0.2) is 89.5 Å². The van der Waals surface area contributed by atoms with E-state index in [9.17, 15) is 9.59 Å². The predicted octanol–water partition coefficient (Wildman–Crippen LogP) is 5.09. The highest BCUT2D eigenvalue weighted by molar-refractivity contribution is 6.30. The normalized spacial score (nSPS) is 10.5. The van der Waals surface area contributed by atoms with E-state index < -0.39 is 0 Å². The number of nitrogens with one attached hydrogen (secondary N) is 2. The molecule has 0 aliphatic heterocycles. The molecule has 1 aromatic heterocycles. The van der Waals surface area contributed by atoms with Crippen molar-refractivity contribution in [1.82, 2.24) is 10.5 Å². The first-order chi connectivity index (χ1) is 16.1. The zero-order valence-corrected chi connectivity index (χ0v) is 18.2. The molecule has 0 bridgehead atoms. The first-order valence-electron chi connectivity index (χ1n) is 10.1. The van der Waals surface area contributed by atoms with Crippen molar-refractivity contribution in [3.8, 4) is 5.75 Å². The van der Waals surface area contributed by atoms with Crippen LogP contribution >= 0.6 is 11.6 Å². The first-order valence-corrected chi connectivity index (χ1v) is 10.5. The van der Waals surface area contributed by atoms with Gasteiger partial charge in [0.25, 0.3) is 11.8 Å². The fourth-order valence-corrected chi connectivity index (χ4v) is 3.08. The van der Waals surface area contributed by atoms with Crippen LogP contribution < -0.4 is 15.4 Å². The third-order valence-corrected chi connectivity index (χ3v) is 4.94. The molecule has 0 radical (unpaired) electrons. The summed E-state index contributed by atoms with van der Waals surface area (Å²) in [4.78, 5) is 24.5. The summed E-state index contributed by atoms with van der Waals surface area (Å²) in [7, 11) is 0. The molecule has 4 aromatic rings. The molecule has 0 saturated carbocycles. The maximum absolute atomic E-state index is 12.3. The van der Waals surface area contributed by atoms with Gasteiger partial charge in [0, 0.05) is 28.9 Å². The summed E-state index contributed by atoms with van der Waals surface area (Å²) >= 11 is 5.85. The van der Waals surface area contributed by atoms with E-state index in [-0.39, 0.29) is 24.1 Å². The standard InChI is InChI=1S/C25H20ClN3O4/c26-19-8-6-18(7-9-19)24(30)28-20-10-12-21(13-11-20)32-16-22-14-23(29-33-22)25(31)27-15-17-4-2-1-3-5-17/h1-14H,15-16H2,(H,27,31)(H,28,30). The van der Waals surface area contributed by atoms with Crippen LogP contribution in [0.2, 0.25) is 5.02 Å². The molecular weight excluding hydrogens is 442 g/mol. The summed E-state index contributed by atoms with van der Waals surface area (Å²) < 4.78 is 10.9. The average Bonchev–Trinajstić information content (AvgIpc) is 3.32. The largest absolute Gasteiger partial charge is 0.486 e. The second kappa shape index (κ2) is 10.5. The zero-order chi connectivity index (χ0) is 23.0. The highest BCUT2D eigenvalue weighted by Crippen LogP contribution is 2.19. The van der Waals surface area contributed by atoms with Crippen molar-refractivity contribution in [2.24, 2.45) is 0 Å². The Morgan fingerprint density at radius 2 is 1.64 bits per heavy atom. The van der Waals surface area contributed by atoms with E-state index in [4.69, 9.17) is 20.9 Å². The van der Waals surface area contributed by atoms with Crippen LogP contribution in [0.25, 0.3) is 0 Å². The van der Waals surface area contributed by atoms with Crippen molar-refractivity contribution in [1.29, 1.82) is 0 Å². The third-order valence-electron chi connectivity index (χ3n) is 4.69. The lowest BCUT2D eigenvalue weighted by molar-refractivity contribution is 0.0940. The van der Waals surface area contributed by atoms with Gasteiger partial charge in [0.05, 0.1) is 0 Å². The van der Waals surface area contributed by atoms with Crippen molar-refractivity contribution in [3.63, 3.8) is 0 Å². The smallest absolute Gasteiger partial charge is 0.273 e. The number of hydrogen-bond donors (Lipinski definition) is 2. The Morgan fingerprint density at radius 3 is 2.36 bits per heavy atom. The number of carbonyl (C=O) groups is 2. The lowest BCUT2D eigenvalue weighted by Crippen LogP contribution is -2.22. The Bertz CT molecular complexity index is 1220. The lowest BCUT2D eigenvalue weighted by Gasteiger charge is -2.07. The van der Waals surface area contributed by atoms with Gasteiger partial charge in [-0.1, -0.05) is 47.1 Å². The monoisotopic (exact) mass is 461 g/mol. The Labute approximate surface area is 195 Å². The molecule has 0 saturated heterocycles. The van der Waals surface area contributed by atoms with E-state index in [0.29, 0.717) is 34.3 Å². The molecule has 3 aromatic carbocycles. The second-order valence-corrected chi connectivity index (χ2v) is 7.56. The molecule has 0 unspecified atom stereocenters. The Balaban J connectivity index is 1.26. The van der Waals surface area contributed by atoms with E-state index in [1.54, 1.807) is 54.6 Å². The summed E-state index contributed by atoms with van der Waals surface area (Å²) in [5.41, 5.74) is 2.31. The number of rotatable bonds is 8. The zero-order valence-electron chi connectivity index (χ0n) is 17.5. The number of halogens is 1. The molecule has 0 aliphatic rings. The Hall–Kier alpha value is -4.10. The number of nitrogens with zero attached hydrogens (tertiary/aromatic N) is 1. The van der Waals surface area contributed by atoms with Crippen LogP contribution in [0.3, 0.4) is 0 Å². The van der Waals surface area contributed by atoms with Crippen LogP contribution in [-0.2, 0) is 13.2 Å². The van der Waals surface area contributed by atoms with Crippen LogP contribution in [0.4, 0.5) is 5.69 Å². The lowest BCUT2D eigenvalue weighted by atomic mass is 10.2. The fourth-order valence-electron chi connectivity index (χ4n) is 2.95. The molecule has 8 heteroatoms. The molecule has 4 rings (SSSR count). The molecule has 7 nitrogen and oxygen atoms in total. The van der Waals surface area contributed by atoms with Gasteiger partial charge in [-0.25, -0.2) is 0 Å².